The molecule has 2 aromatic rings. The number of carbonyl (C=O) groups excluding carboxylic acids is 1. The molecule has 1 aromatic heterocycles. The van der Waals surface area contributed by atoms with Gasteiger partial charge in [-0.15, -0.1) is 0 Å². The van der Waals surface area contributed by atoms with Crippen LogP contribution in [0.5, 0.6) is 11.5 Å². The van der Waals surface area contributed by atoms with Crippen molar-refractivity contribution in [3.8, 4) is 11.5 Å². The van der Waals surface area contributed by atoms with Crippen LogP contribution in [0.15, 0.2) is 24.4 Å². The zero-order chi connectivity index (χ0) is 20.3. The van der Waals surface area contributed by atoms with Gasteiger partial charge in [0.2, 0.25) is 5.95 Å². The van der Waals surface area contributed by atoms with Crippen LogP contribution in [0.1, 0.15) is 32.0 Å². The van der Waals surface area contributed by atoms with Crippen LogP contribution < -0.4 is 14.8 Å². The molecule has 1 amide bonds. The number of methoxy groups -OCH3 is 2. The van der Waals surface area contributed by atoms with Crippen LogP contribution in [-0.2, 0) is 17.7 Å². The summed E-state index contributed by atoms with van der Waals surface area (Å²) in [5.41, 5.74) is 2.10. The van der Waals surface area contributed by atoms with Gasteiger partial charge in [0.15, 0.2) is 0 Å². The van der Waals surface area contributed by atoms with Gasteiger partial charge in [0.1, 0.15) is 17.1 Å². The van der Waals surface area contributed by atoms with Crippen molar-refractivity contribution in [1.29, 1.82) is 0 Å². The topological polar surface area (TPSA) is 85.8 Å². The normalized spacial score (nSPS) is 13.5. The number of nitrogens with one attached hydrogen (secondary N) is 1. The zero-order valence-electron chi connectivity index (χ0n) is 16.9. The molecule has 0 saturated heterocycles. The predicted molar refractivity (Wildman–Crippen MR) is 105 cm³/mol. The summed E-state index contributed by atoms with van der Waals surface area (Å²) >= 11 is 0. The van der Waals surface area contributed by atoms with Crippen LogP contribution in [0, 0.1) is 0 Å². The minimum absolute atomic E-state index is 0.316. The Kier molecular flexibility index (Phi) is 5.58. The average molecular weight is 386 g/mol. The molecule has 150 valence electrons. The molecule has 3 rings (SSSR count). The Labute approximate surface area is 164 Å². The lowest BCUT2D eigenvalue weighted by Gasteiger charge is -2.30. The van der Waals surface area contributed by atoms with Gasteiger partial charge < -0.3 is 24.4 Å². The van der Waals surface area contributed by atoms with Gasteiger partial charge in [-0.2, -0.15) is 0 Å². The summed E-state index contributed by atoms with van der Waals surface area (Å²) < 4.78 is 16.0. The molecule has 0 spiro atoms. The van der Waals surface area contributed by atoms with Crippen LogP contribution in [0.3, 0.4) is 0 Å². The summed E-state index contributed by atoms with van der Waals surface area (Å²) in [6, 6.07) is 5.48. The van der Waals surface area contributed by atoms with Crippen molar-refractivity contribution in [3.05, 3.63) is 35.7 Å². The van der Waals surface area contributed by atoms with E-state index in [9.17, 15) is 4.79 Å². The Balaban J connectivity index is 1.73. The number of ether oxygens (including phenoxy) is 3. The van der Waals surface area contributed by atoms with Crippen molar-refractivity contribution < 1.29 is 19.0 Å². The van der Waals surface area contributed by atoms with Crippen molar-refractivity contribution in [2.45, 2.75) is 39.3 Å². The highest BCUT2D eigenvalue weighted by molar-refractivity contribution is 5.68. The molecule has 1 aromatic carbocycles. The van der Waals surface area contributed by atoms with Gasteiger partial charge in [0.05, 0.1) is 26.5 Å². The van der Waals surface area contributed by atoms with E-state index in [2.05, 4.69) is 15.3 Å². The Morgan fingerprint density at radius 1 is 1.14 bits per heavy atom. The highest BCUT2D eigenvalue weighted by atomic mass is 16.6. The van der Waals surface area contributed by atoms with Crippen LogP contribution in [-0.4, -0.2) is 47.3 Å². The second kappa shape index (κ2) is 7.92. The van der Waals surface area contributed by atoms with Gasteiger partial charge in [-0.1, -0.05) is 0 Å². The predicted octanol–water partition coefficient (Wildman–Crippen LogP) is 3.53. The smallest absolute Gasteiger partial charge is 0.410 e. The van der Waals surface area contributed by atoms with E-state index in [1.807, 2.05) is 32.9 Å². The minimum atomic E-state index is -0.514. The van der Waals surface area contributed by atoms with E-state index in [1.54, 1.807) is 31.4 Å². The molecule has 0 unspecified atom stereocenters. The van der Waals surface area contributed by atoms with Gasteiger partial charge in [-0.05, 0) is 20.8 Å². The van der Waals surface area contributed by atoms with Crippen molar-refractivity contribution in [1.82, 2.24) is 14.9 Å². The SMILES string of the molecule is COc1cc(Nc2ncc3c(n2)CCN(C(=O)OC(C)(C)C)C3)cc(OC)c1. The number of aromatic nitrogens is 2. The lowest BCUT2D eigenvalue weighted by molar-refractivity contribution is 0.0222. The molecule has 0 fully saturated rings. The van der Waals surface area contributed by atoms with Crippen LogP contribution in [0.2, 0.25) is 0 Å². The van der Waals surface area contributed by atoms with E-state index < -0.39 is 5.60 Å². The first-order valence-corrected chi connectivity index (χ1v) is 9.10. The monoisotopic (exact) mass is 386 g/mol. The van der Waals surface area contributed by atoms with Crippen molar-refractivity contribution in [3.63, 3.8) is 0 Å². The number of fused-ring (bicyclic) bond motifs is 1. The average Bonchev–Trinajstić information content (AvgIpc) is 2.65. The van der Waals surface area contributed by atoms with Gasteiger partial charge in [-0.3, -0.25) is 0 Å². The first-order valence-electron chi connectivity index (χ1n) is 9.10. The van der Waals surface area contributed by atoms with E-state index in [1.165, 1.54) is 0 Å². The summed E-state index contributed by atoms with van der Waals surface area (Å²) in [6.45, 7) is 6.58. The molecule has 0 bridgehead atoms. The standard InChI is InChI=1S/C20H26N4O4/c1-20(2,3)28-19(25)24-7-6-17-13(12-24)11-21-18(23-17)22-14-8-15(26-4)10-16(9-14)27-5/h8-11H,6-7,12H2,1-5H3,(H,21,22,23). The fourth-order valence-electron chi connectivity index (χ4n) is 2.87. The minimum Gasteiger partial charge on any atom is -0.497 e. The molecular formula is C20H26N4O4. The fourth-order valence-corrected chi connectivity index (χ4v) is 2.87. The Bertz CT molecular complexity index is 842. The maximum Gasteiger partial charge on any atom is 0.410 e. The number of amides is 1. The Morgan fingerprint density at radius 3 is 2.43 bits per heavy atom. The molecule has 8 nitrogen and oxygen atoms in total. The summed E-state index contributed by atoms with van der Waals surface area (Å²) in [4.78, 5) is 22.9. The van der Waals surface area contributed by atoms with E-state index in [4.69, 9.17) is 14.2 Å². The third-order valence-electron chi connectivity index (χ3n) is 4.19. The zero-order valence-corrected chi connectivity index (χ0v) is 16.9. The third kappa shape index (κ3) is 4.82. The summed E-state index contributed by atoms with van der Waals surface area (Å²) in [5, 5.41) is 3.18. The number of hydrogen-bond acceptors (Lipinski definition) is 7. The molecule has 1 aliphatic heterocycles. The summed E-state index contributed by atoms with van der Waals surface area (Å²) in [7, 11) is 3.20. The maximum atomic E-state index is 12.3. The largest absolute Gasteiger partial charge is 0.497 e. The molecule has 0 radical (unpaired) electrons. The summed E-state index contributed by atoms with van der Waals surface area (Å²) in [5.74, 6) is 1.83. The first-order chi connectivity index (χ1) is 13.3. The molecule has 1 aliphatic rings. The second-order valence-corrected chi connectivity index (χ2v) is 7.54. The van der Waals surface area contributed by atoms with Crippen molar-refractivity contribution in [2.24, 2.45) is 0 Å². The van der Waals surface area contributed by atoms with Crippen LogP contribution >= 0.6 is 0 Å². The first kappa shape index (κ1) is 19.7. The van der Waals surface area contributed by atoms with E-state index in [0.29, 0.717) is 37.0 Å². The van der Waals surface area contributed by atoms with E-state index in [0.717, 1.165) is 16.9 Å². The lowest BCUT2D eigenvalue weighted by Crippen LogP contribution is -2.40. The van der Waals surface area contributed by atoms with E-state index >= 15 is 0 Å². The van der Waals surface area contributed by atoms with Crippen molar-refractivity contribution >= 4 is 17.7 Å². The summed E-state index contributed by atoms with van der Waals surface area (Å²) in [6.07, 6.45) is 2.08. The Hall–Kier alpha value is -3.03. The lowest BCUT2D eigenvalue weighted by atomic mass is 10.1. The van der Waals surface area contributed by atoms with Gasteiger partial charge >= 0.3 is 6.09 Å². The highest BCUT2D eigenvalue weighted by Gasteiger charge is 2.26. The number of anilines is 2. The number of rotatable bonds is 4. The van der Waals surface area contributed by atoms with E-state index in [-0.39, 0.29) is 6.09 Å². The molecule has 0 aliphatic carbocycles. The number of nitrogens with zero attached hydrogens (tertiary/aromatic N) is 3. The number of benzene rings is 1. The molecule has 2 heterocycles. The Morgan fingerprint density at radius 2 is 1.82 bits per heavy atom. The third-order valence-corrected chi connectivity index (χ3v) is 4.19. The van der Waals surface area contributed by atoms with Crippen molar-refractivity contribution in [2.75, 3.05) is 26.1 Å². The quantitative estimate of drug-likeness (QED) is 0.860. The van der Waals surface area contributed by atoms with Crippen LogP contribution in [0.4, 0.5) is 16.4 Å². The number of hydrogen-bond donors (Lipinski definition) is 1. The fraction of sp³-hybridized carbons (Fsp3) is 0.450. The van der Waals surface area contributed by atoms with Gasteiger partial charge in [0.25, 0.3) is 0 Å². The molecule has 0 atom stereocenters. The molecule has 0 saturated carbocycles. The number of carbonyl (C=O) groups is 1. The van der Waals surface area contributed by atoms with Crippen LogP contribution in [0.25, 0.3) is 0 Å². The van der Waals surface area contributed by atoms with Gasteiger partial charge in [0, 0.05) is 48.6 Å². The molecule has 1 N–H and O–H groups in total. The second-order valence-electron chi connectivity index (χ2n) is 7.54. The molecule has 8 heteroatoms. The highest BCUT2D eigenvalue weighted by Crippen LogP contribution is 2.28. The van der Waals surface area contributed by atoms with Gasteiger partial charge in [-0.25, -0.2) is 14.8 Å². The molecular weight excluding hydrogens is 360 g/mol. The molecule has 28 heavy (non-hydrogen) atoms. The maximum absolute atomic E-state index is 12.3.